The van der Waals surface area contributed by atoms with Gasteiger partial charge in [-0.2, -0.15) is 0 Å². The molecule has 0 amide bonds. The van der Waals surface area contributed by atoms with Gasteiger partial charge in [0, 0.05) is 6.04 Å². The van der Waals surface area contributed by atoms with Crippen molar-refractivity contribution in [3.8, 4) is 0 Å². The maximum atomic E-state index is 13.8. The summed E-state index contributed by atoms with van der Waals surface area (Å²) in [6.07, 6.45) is 1.53. The summed E-state index contributed by atoms with van der Waals surface area (Å²) < 4.78 is 40.0. The molecule has 1 fully saturated rings. The fourth-order valence-electron chi connectivity index (χ4n) is 1.28. The minimum Gasteiger partial charge on any atom is -0.395 e. The van der Waals surface area contributed by atoms with Crippen molar-refractivity contribution in [2.24, 2.45) is 0 Å². The summed E-state index contributed by atoms with van der Waals surface area (Å²) in [6, 6.07) is 0.935. The Kier molecular flexibility index (Phi) is 3.37. The van der Waals surface area contributed by atoms with E-state index in [2.05, 4.69) is 20.7 Å². The van der Waals surface area contributed by atoms with Crippen molar-refractivity contribution in [1.82, 2.24) is 4.72 Å². The zero-order valence-corrected chi connectivity index (χ0v) is 11.7. The van der Waals surface area contributed by atoms with E-state index in [4.69, 9.17) is 17.3 Å². The van der Waals surface area contributed by atoms with Crippen LogP contribution in [0.2, 0.25) is 5.02 Å². The first kappa shape index (κ1) is 13.1. The third-order valence-electron chi connectivity index (χ3n) is 2.35. The smallest absolute Gasteiger partial charge is 0.243 e. The average Bonchev–Trinajstić information content (AvgIpc) is 3.03. The number of sulfonamides is 1. The molecule has 0 heterocycles. The summed E-state index contributed by atoms with van der Waals surface area (Å²) >= 11 is 8.75. The van der Waals surface area contributed by atoms with Gasteiger partial charge >= 0.3 is 0 Å². The lowest BCUT2D eigenvalue weighted by atomic mass is 10.3. The Labute approximate surface area is 112 Å². The maximum Gasteiger partial charge on any atom is 0.243 e. The van der Waals surface area contributed by atoms with Crippen molar-refractivity contribution < 1.29 is 12.8 Å². The highest BCUT2D eigenvalue weighted by Crippen LogP contribution is 2.35. The molecular formula is C9H9BrClFN2O2S. The summed E-state index contributed by atoms with van der Waals surface area (Å²) in [5, 5.41) is 0.0556. The molecule has 0 unspecified atom stereocenters. The van der Waals surface area contributed by atoms with E-state index in [1.807, 2.05) is 0 Å². The van der Waals surface area contributed by atoms with Gasteiger partial charge in [0.2, 0.25) is 10.0 Å². The fraction of sp³-hybridized carbons (Fsp3) is 0.333. The number of hydrogen-bond donors (Lipinski definition) is 2. The van der Waals surface area contributed by atoms with Crippen LogP contribution in [0, 0.1) is 5.82 Å². The maximum absolute atomic E-state index is 13.8. The van der Waals surface area contributed by atoms with Crippen molar-refractivity contribution in [1.29, 1.82) is 0 Å². The van der Waals surface area contributed by atoms with Gasteiger partial charge in [-0.3, -0.25) is 0 Å². The Morgan fingerprint density at radius 2 is 2.12 bits per heavy atom. The number of halogens is 3. The van der Waals surface area contributed by atoms with Gasteiger partial charge in [0.25, 0.3) is 0 Å². The molecule has 0 atom stereocenters. The largest absolute Gasteiger partial charge is 0.395 e. The van der Waals surface area contributed by atoms with Crippen molar-refractivity contribution in [2.75, 3.05) is 5.73 Å². The predicted molar refractivity (Wildman–Crippen MR) is 66.9 cm³/mol. The summed E-state index contributed by atoms with van der Waals surface area (Å²) in [5.74, 6) is -0.991. The van der Waals surface area contributed by atoms with E-state index in [1.165, 1.54) is 0 Å². The number of benzene rings is 1. The second kappa shape index (κ2) is 4.38. The first-order valence-corrected chi connectivity index (χ1v) is 7.43. The second-order valence-electron chi connectivity index (χ2n) is 3.79. The van der Waals surface area contributed by atoms with E-state index >= 15 is 0 Å². The molecule has 0 saturated heterocycles. The van der Waals surface area contributed by atoms with Gasteiger partial charge in [0.05, 0.1) is 15.2 Å². The molecule has 1 saturated carbocycles. The lowest BCUT2D eigenvalue weighted by Gasteiger charge is -2.10. The van der Waals surface area contributed by atoms with E-state index < -0.39 is 20.7 Å². The summed E-state index contributed by atoms with van der Waals surface area (Å²) in [4.78, 5) is -0.518. The third kappa shape index (κ3) is 2.57. The molecule has 0 aromatic heterocycles. The number of nitrogen functional groups attached to an aromatic ring is 1. The lowest BCUT2D eigenvalue weighted by molar-refractivity contribution is 0.558. The molecular weight excluding hydrogens is 335 g/mol. The van der Waals surface area contributed by atoms with Gasteiger partial charge in [0.15, 0.2) is 5.82 Å². The second-order valence-corrected chi connectivity index (χ2v) is 6.68. The molecule has 3 N–H and O–H groups in total. The van der Waals surface area contributed by atoms with Gasteiger partial charge in [-0.05, 0) is 34.8 Å². The number of nitrogens with one attached hydrogen (secondary N) is 1. The van der Waals surface area contributed by atoms with Crippen molar-refractivity contribution in [2.45, 2.75) is 23.8 Å². The fourth-order valence-corrected chi connectivity index (χ4v) is 3.26. The van der Waals surface area contributed by atoms with Crippen molar-refractivity contribution in [3.05, 3.63) is 21.4 Å². The summed E-state index contributed by atoms with van der Waals surface area (Å²) in [5.41, 5.74) is 5.12. The number of anilines is 1. The van der Waals surface area contributed by atoms with Crippen LogP contribution in [0.3, 0.4) is 0 Å². The normalized spacial score (nSPS) is 16.2. The molecule has 94 valence electrons. The molecule has 0 aliphatic heterocycles. The van der Waals surface area contributed by atoms with Crippen LogP contribution < -0.4 is 10.5 Å². The molecule has 4 nitrogen and oxygen atoms in total. The number of rotatable bonds is 3. The molecule has 0 bridgehead atoms. The zero-order valence-electron chi connectivity index (χ0n) is 8.50. The average molecular weight is 344 g/mol. The standard InChI is InChI=1S/C9H9BrClFN2O2S/c10-7-5(11)3-6(8(12)9(7)13)17(15,16)14-4-1-2-4/h3-4,14H,1-2,13H2. The van der Waals surface area contributed by atoms with Gasteiger partial charge in [-0.25, -0.2) is 17.5 Å². The lowest BCUT2D eigenvalue weighted by Crippen LogP contribution is -2.27. The predicted octanol–water partition coefficient (Wildman–Crippen LogP) is 2.26. The van der Waals surface area contributed by atoms with Gasteiger partial charge in [0.1, 0.15) is 4.90 Å². The third-order valence-corrected chi connectivity index (χ3v) is 5.25. The SMILES string of the molecule is Nc1c(F)c(S(=O)(=O)NC2CC2)cc(Cl)c1Br. The van der Waals surface area contributed by atoms with E-state index in [0.29, 0.717) is 0 Å². The number of nitrogens with two attached hydrogens (primary N) is 1. The minimum atomic E-state index is -3.90. The Hall–Kier alpha value is -0.370. The van der Waals surface area contributed by atoms with Crippen LogP contribution in [0.1, 0.15) is 12.8 Å². The zero-order chi connectivity index (χ0) is 12.8. The quantitative estimate of drug-likeness (QED) is 0.653. The summed E-state index contributed by atoms with van der Waals surface area (Å²) in [7, 11) is -3.90. The molecule has 17 heavy (non-hydrogen) atoms. The Morgan fingerprint density at radius 3 is 2.65 bits per heavy atom. The van der Waals surface area contributed by atoms with E-state index in [1.54, 1.807) is 0 Å². The Morgan fingerprint density at radius 1 is 1.53 bits per heavy atom. The first-order valence-electron chi connectivity index (χ1n) is 4.78. The van der Waals surface area contributed by atoms with E-state index in [9.17, 15) is 12.8 Å². The molecule has 2 rings (SSSR count). The molecule has 0 spiro atoms. The molecule has 1 aliphatic carbocycles. The van der Waals surface area contributed by atoms with Crippen molar-refractivity contribution >= 4 is 43.2 Å². The van der Waals surface area contributed by atoms with E-state index in [-0.39, 0.29) is 21.2 Å². The first-order chi connectivity index (χ1) is 7.83. The van der Waals surface area contributed by atoms with Crippen LogP contribution in [0.4, 0.5) is 10.1 Å². The Bertz CT molecular complexity index is 575. The Balaban J connectivity index is 2.51. The van der Waals surface area contributed by atoms with Gasteiger partial charge < -0.3 is 5.73 Å². The molecule has 1 aromatic carbocycles. The van der Waals surface area contributed by atoms with Crippen LogP contribution >= 0.6 is 27.5 Å². The highest BCUT2D eigenvalue weighted by Gasteiger charge is 2.31. The van der Waals surface area contributed by atoms with Crippen molar-refractivity contribution in [3.63, 3.8) is 0 Å². The highest BCUT2D eigenvalue weighted by atomic mass is 79.9. The minimum absolute atomic E-state index is 0.0556. The molecule has 8 heteroatoms. The van der Waals surface area contributed by atoms with Crippen LogP contribution in [0.5, 0.6) is 0 Å². The highest BCUT2D eigenvalue weighted by molar-refractivity contribution is 9.10. The molecule has 1 aliphatic rings. The van der Waals surface area contributed by atoms with E-state index in [0.717, 1.165) is 18.9 Å². The van der Waals surface area contributed by atoms with Crippen LogP contribution in [0.25, 0.3) is 0 Å². The van der Waals surface area contributed by atoms with Crippen LogP contribution in [-0.2, 0) is 10.0 Å². The van der Waals surface area contributed by atoms with Gasteiger partial charge in [-0.15, -0.1) is 0 Å². The van der Waals surface area contributed by atoms with Crippen LogP contribution in [0.15, 0.2) is 15.4 Å². The van der Waals surface area contributed by atoms with Gasteiger partial charge in [-0.1, -0.05) is 11.6 Å². The summed E-state index contributed by atoms with van der Waals surface area (Å²) in [6.45, 7) is 0. The molecule has 0 radical (unpaired) electrons. The monoisotopic (exact) mass is 342 g/mol. The topological polar surface area (TPSA) is 72.2 Å². The number of hydrogen-bond acceptors (Lipinski definition) is 3. The van der Waals surface area contributed by atoms with Crippen LogP contribution in [-0.4, -0.2) is 14.5 Å². The molecule has 1 aromatic rings.